The number of halogens is 2. The van der Waals surface area contributed by atoms with Crippen molar-refractivity contribution >= 4 is 37.8 Å². The molecule has 0 aliphatic rings. The molecule has 0 aliphatic heterocycles. The molecule has 2 nitrogen and oxygen atoms in total. The molecule has 5 heteroatoms. The van der Waals surface area contributed by atoms with Gasteiger partial charge in [-0.15, -0.1) is 0 Å². The monoisotopic (exact) mass is 266 g/mol. The Hall–Kier alpha value is 1.43. The average molecular weight is 268 g/mol. The minimum atomic E-state index is -1.02. The van der Waals surface area contributed by atoms with Crippen molar-refractivity contribution in [2.45, 2.75) is 0 Å². The first-order valence-corrected chi connectivity index (χ1v) is 4.29. The summed E-state index contributed by atoms with van der Waals surface area (Å²) >= 11 is 6.05. The molecular weight excluding hydrogens is 263 g/mol. The quantitative estimate of drug-likeness (QED) is 0.408. The molecule has 0 amide bonds. The predicted octanol–water partition coefficient (Wildman–Crippen LogP) is -2.85. The second-order valence-corrected chi connectivity index (χ2v) is 2.62. The fourth-order valence-corrected chi connectivity index (χ4v) is 1.77. The normalized spacial score (nSPS) is 8.78. The van der Waals surface area contributed by atoms with Gasteiger partial charge >= 0.3 is 29.6 Å². The molecule has 0 saturated heterocycles. The van der Waals surface area contributed by atoms with Gasteiger partial charge in [-0.2, -0.15) is 0 Å². The summed E-state index contributed by atoms with van der Waals surface area (Å²) in [6.45, 7) is 0. The van der Waals surface area contributed by atoms with Crippen LogP contribution in [0.3, 0.4) is 0 Å². The molecule has 0 unspecified atom stereocenters. The zero-order valence-electron chi connectivity index (χ0n) is 5.06. The van der Waals surface area contributed by atoms with Crippen LogP contribution < -0.4 is 34.7 Å². The van der Waals surface area contributed by atoms with E-state index in [2.05, 4.69) is 31.9 Å². The summed E-state index contributed by atoms with van der Waals surface area (Å²) in [4.78, 5) is 9.99. The van der Waals surface area contributed by atoms with Gasteiger partial charge in [0.05, 0.1) is 0 Å². The van der Waals surface area contributed by atoms with Crippen molar-refractivity contribution in [3.8, 4) is 0 Å². The SMILES string of the molecule is O=C([O-])C(CBr)CBr.[Na+]. The molecule has 0 aromatic rings. The van der Waals surface area contributed by atoms with Crippen LogP contribution in [0.5, 0.6) is 0 Å². The first-order valence-electron chi connectivity index (χ1n) is 2.05. The van der Waals surface area contributed by atoms with Crippen LogP contribution in [0.1, 0.15) is 0 Å². The van der Waals surface area contributed by atoms with Crippen LogP contribution in [-0.4, -0.2) is 16.6 Å². The van der Waals surface area contributed by atoms with Crippen molar-refractivity contribution in [1.29, 1.82) is 0 Å². The van der Waals surface area contributed by atoms with Crippen molar-refractivity contribution in [2.24, 2.45) is 5.92 Å². The average Bonchev–Trinajstić information content (AvgIpc) is 1.69. The van der Waals surface area contributed by atoms with E-state index in [9.17, 15) is 9.90 Å². The Balaban J connectivity index is 0. The summed E-state index contributed by atoms with van der Waals surface area (Å²) < 4.78 is 0. The fraction of sp³-hybridized carbons (Fsp3) is 0.750. The zero-order valence-corrected chi connectivity index (χ0v) is 10.2. The van der Waals surface area contributed by atoms with Gasteiger partial charge in [0.1, 0.15) is 0 Å². The number of hydrogen-bond donors (Lipinski definition) is 0. The summed E-state index contributed by atoms with van der Waals surface area (Å²) in [5, 5.41) is 10.9. The summed E-state index contributed by atoms with van der Waals surface area (Å²) in [7, 11) is 0. The topological polar surface area (TPSA) is 40.1 Å². The number of alkyl halides is 2. The second-order valence-electron chi connectivity index (χ2n) is 1.32. The van der Waals surface area contributed by atoms with Crippen LogP contribution in [-0.2, 0) is 4.79 Å². The molecule has 0 rings (SSSR count). The van der Waals surface area contributed by atoms with Crippen LogP contribution in [0.2, 0.25) is 0 Å². The van der Waals surface area contributed by atoms with E-state index in [0.717, 1.165) is 0 Å². The van der Waals surface area contributed by atoms with Crippen LogP contribution in [0.15, 0.2) is 0 Å². The Labute approximate surface area is 92.9 Å². The molecule has 0 bridgehead atoms. The summed E-state index contributed by atoms with van der Waals surface area (Å²) in [5.41, 5.74) is 0. The maximum Gasteiger partial charge on any atom is 1.00 e. The van der Waals surface area contributed by atoms with Crippen molar-refractivity contribution in [1.82, 2.24) is 0 Å². The van der Waals surface area contributed by atoms with Gasteiger partial charge in [-0.1, -0.05) is 31.9 Å². The van der Waals surface area contributed by atoms with Crippen LogP contribution in [0.4, 0.5) is 0 Å². The molecule has 48 valence electrons. The van der Waals surface area contributed by atoms with Gasteiger partial charge in [0.25, 0.3) is 0 Å². The molecule has 0 saturated carbocycles. The third kappa shape index (κ3) is 5.85. The van der Waals surface area contributed by atoms with Gasteiger partial charge in [0, 0.05) is 22.5 Å². The minimum Gasteiger partial charge on any atom is -0.550 e. The maximum absolute atomic E-state index is 9.99. The van der Waals surface area contributed by atoms with Crippen LogP contribution >= 0.6 is 31.9 Å². The smallest absolute Gasteiger partial charge is 0.550 e. The molecule has 0 fully saturated rings. The molecule has 0 N–H and O–H groups in total. The number of aliphatic carboxylic acids is 1. The van der Waals surface area contributed by atoms with Crippen LogP contribution in [0, 0.1) is 5.92 Å². The molecule has 0 aromatic heterocycles. The number of carbonyl (C=O) groups is 1. The Morgan fingerprint density at radius 2 is 1.78 bits per heavy atom. The van der Waals surface area contributed by atoms with Crippen molar-refractivity contribution < 1.29 is 39.5 Å². The van der Waals surface area contributed by atoms with E-state index in [-0.39, 0.29) is 29.6 Å². The standard InChI is InChI=1S/C4H6Br2O2.Na/c5-1-3(2-6)4(7)8;/h3H,1-2H2,(H,7,8);/q;+1/p-1. The van der Waals surface area contributed by atoms with Gasteiger partial charge in [-0.25, -0.2) is 0 Å². The molecule has 0 spiro atoms. The molecule has 0 aromatic carbocycles. The molecular formula is C4H5Br2NaO2. The van der Waals surface area contributed by atoms with Gasteiger partial charge in [-0.3, -0.25) is 0 Å². The largest absolute Gasteiger partial charge is 1.00 e. The van der Waals surface area contributed by atoms with E-state index in [1.165, 1.54) is 0 Å². The van der Waals surface area contributed by atoms with E-state index in [0.29, 0.717) is 10.7 Å². The molecule has 0 atom stereocenters. The Kier molecular flexibility index (Phi) is 10.9. The van der Waals surface area contributed by atoms with Crippen LogP contribution in [0.25, 0.3) is 0 Å². The molecule has 0 heterocycles. The maximum atomic E-state index is 9.99. The third-order valence-corrected chi connectivity index (χ3v) is 2.27. The zero-order chi connectivity index (χ0) is 6.57. The van der Waals surface area contributed by atoms with E-state index in [4.69, 9.17) is 0 Å². The number of hydrogen-bond acceptors (Lipinski definition) is 2. The first-order chi connectivity index (χ1) is 3.72. The summed E-state index contributed by atoms with van der Waals surface area (Å²) in [5.74, 6) is -1.42. The van der Waals surface area contributed by atoms with Gasteiger partial charge < -0.3 is 9.90 Å². The van der Waals surface area contributed by atoms with Crippen molar-refractivity contribution in [2.75, 3.05) is 10.7 Å². The Morgan fingerprint density at radius 1 is 1.44 bits per heavy atom. The predicted molar refractivity (Wildman–Crippen MR) is 36.1 cm³/mol. The number of carboxylic acids is 1. The Morgan fingerprint density at radius 3 is 1.78 bits per heavy atom. The minimum absolute atomic E-state index is 0. The van der Waals surface area contributed by atoms with E-state index in [1.54, 1.807) is 0 Å². The van der Waals surface area contributed by atoms with Gasteiger partial charge in [0.2, 0.25) is 0 Å². The van der Waals surface area contributed by atoms with E-state index < -0.39 is 11.9 Å². The Bertz CT molecular complexity index is 84.6. The van der Waals surface area contributed by atoms with Gasteiger partial charge in [-0.05, 0) is 0 Å². The second kappa shape index (κ2) is 7.54. The van der Waals surface area contributed by atoms with Crippen molar-refractivity contribution in [3.05, 3.63) is 0 Å². The van der Waals surface area contributed by atoms with Crippen molar-refractivity contribution in [3.63, 3.8) is 0 Å². The summed E-state index contributed by atoms with van der Waals surface area (Å²) in [6.07, 6.45) is 0. The number of carboxylic acid groups (broad SMARTS) is 1. The fourth-order valence-electron chi connectivity index (χ4n) is 0.167. The third-order valence-electron chi connectivity index (χ3n) is 0.706. The summed E-state index contributed by atoms with van der Waals surface area (Å²) in [6, 6.07) is 0. The van der Waals surface area contributed by atoms with Gasteiger partial charge in [0.15, 0.2) is 0 Å². The van der Waals surface area contributed by atoms with E-state index in [1.807, 2.05) is 0 Å². The number of rotatable bonds is 3. The van der Waals surface area contributed by atoms with E-state index >= 15 is 0 Å². The molecule has 0 aliphatic carbocycles. The molecule has 9 heavy (non-hydrogen) atoms. The first kappa shape index (κ1) is 13.1. The molecule has 0 radical (unpaired) electrons. The number of carbonyl (C=O) groups excluding carboxylic acids is 1.